The number of nitro benzene ring substituents is 1. The Labute approximate surface area is 85.9 Å². The molecule has 1 N–H and O–H groups in total. The zero-order valence-electron chi connectivity index (χ0n) is 8.10. The van der Waals surface area contributed by atoms with Gasteiger partial charge in [0.15, 0.2) is 0 Å². The molecular formula is C10H9N3O2. The molecule has 0 saturated carbocycles. The van der Waals surface area contributed by atoms with E-state index in [9.17, 15) is 10.1 Å². The zero-order valence-corrected chi connectivity index (χ0v) is 8.10. The van der Waals surface area contributed by atoms with Crippen molar-refractivity contribution < 1.29 is 4.92 Å². The van der Waals surface area contributed by atoms with Crippen LogP contribution in [0.15, 0.2) is 30.3 Å². The first kappa shape index (κ1) is 9.39. The Morgan fingerprint density at radius 3 is 2.80 bits per heavy atom. The number of nitrogens with one attached hydrogen (secondary N) is 1. The topological polar surface area (TPSA) is 68.1 Å². The highest BCUT2D eigenvalue weighted by Crippen LogP contribution is 2.20. The molecule has 2 aromatic rings. The summed E-state index contributed by atoms with van der Waals surface area (Å²) in [5, 5.41) is 14.2. The minimum atomic E-state index is -0.411. The van der Waals surface area contributed by atoms with E-state index in [2.05, 4.69) is 10.3 Å². The first-order chi connectivity index (χ1) is 7.20. The Balaban J connectivity index is 2.59. The molecule has 0 aliphatic rings. The highest BCUT2D eigenvalue weighted by molar-refractivity contribution is 5.82. The van der Waals surface area contributed by atoms with Gasteiger partial charge in [0.05, 0.1) is 10.4 Å². The van der Waals surface area contributed by atoms with Crippen LogP contribution in [0.1, 0.15) is 0 Å². The maximum Gasteiger partial charge on any atom is 0.270 e. The number of nitro groups is 1. The number of fused-ring (bicyclic) bond motifs is 1. The van der Waals surface area contributed by atoms with E-state index in [0.29, 0.717) is 0 Å². The third kappa shape index (κ3) is 1.71. The predicted octanol–water partition coefficient (Wildman–Crippen LogP) is 2.18. The first-order valence-electron chi connectivity index (χ1n) is 4.43. The van der Waals surface area contributed by atoms with Crippen molar-refractivity contribution in [2.75, 3.05) is 12.4 Å². The Morgan fingerprint density at radius 2 is 2.13 bits per heavy atom. The van der Waals surface area contributed by atoms with E-state index in [1.165, 1.54) is 12.1 Å². The largest absolute Gasteiger partial charge is 0.373 e. The molecule has 0 fully saturated rings. The number of anilines is 1. The Hall–Kier alpha value is -2.17. The molecule has 0 amide bonds. The van der Waals surface area contributed by atoms with E-state index in [1.54, 1.807) is 25.2 Å². The van der Waals surface area contributed by atoms with Gasteiger partial charge in [-0.15, -0.1) is 0 Å². The van der Waals surface area contributed by atoms with Crippen molar-refractivity contribution in [2.45, 2.75) is 0 Å². The lowest BCUT2D eigenvalue weighted by atomic mass is 10.2. The summed E-state index contributed by atoms with van der Waals surface area (Å²) >= 11 is 0. The predicted molar refractivity (Wildman–Crippen MR) is 57.9 cm³/mol. The molecule has 0 atom stereocenters. The van der Waals surface area contributed by atoms with Crippen LogP contribution in [-0.2, 0) is 0 Å². The molecule has 15 heavy (non-hydrogen) atoms. The van der Waals surface area contributed by atoms with Crippen LogP contribution in [0.5, 0.6) is 0 Å². The summed E-state index contributed by atoms with van der Waals surface area (Å²) in [7, 11) is 1.78. The van der Waals surface area contributed by atoms with E-state index in [0.717, 1.165) is 16.7 Å². The van der Waals surface area contributed by atoms with Gasteiger partial charge >= 0.3 is 0 Å². The molecule has 0 unspecified atom stereocenters. The van der Waals surface area contributed by atoms with Crippen molar-refractivity contribution in [3.05, 3.63) is 40.4 Å². The van der Waals surface area contributed by atoms with Crippen LogP contribution in [0.3, 0.4) is 0 Å². The fourth-order valence-electron chi connectivity index (χ4n) is 1.37. The number of pyridine rings is 1. The molecule has 2 rings (SSSR count). The molecule has 0 spiro atoms. The maximum absolute atomic E-state index is 10.5. The fourth-order valence-corrected chi connectivity index (χ4v) is 1.37. The Bertz CT molecular complexity index is 525. The lowest BCUT2D eigenvalue weighted by molar-refractivity contribution is -0.384. The summed E-state index contributed by atoms with van der Waals surface area (Å²) in [5.41, 5.74) is 0.828. The molecule has 5 nitrogen and oxygen atoms in total. The normalized spacial score (nSPS) is 10.2. The van der Waals surface area contributed by atoms with Gasteiger partial charge in [0, 0.05) is 24.6 Å². The number of rotatable bonds is 2. The van der Waals surface area contributed by atoms with Crippen molar-refractivity contribution in [2.24, 2.45) is 0 Å². The minimum absolute atomic E-state index is 0.0847. The minimum Gasteiger partial charge on any atom is -0.373 e. The molecule has 0 aliphatic carbocycles. The summed E-state index contributed by atoms with van der Waals surface area (Å²) in [5.74, 6) is 0.747. The molecule has 0 aliphatic heterocycles. The molecule has 0 saturated heterocycles. The number of hydrogen-bond acceptors (Lipinski definition) is 4. The van der Waals surface area contributed by atoms with Crippen molar-refractivity contribution in [1.82, 2.24) is 4.98 Å². The second-order valence-electron chi connectivity index (χ2n) is 3.08. The van der Waals surface area contributed by atoms with E-state index < -0.39 is 4.92 Å². The number of non-ortho nitro benzene ring substituents is 1. The second-order valence-corrected chi connectivity index (χ2v) is 3.08. The van der Waals surface area contributed by atoms with E-state index in [-0.39, 0.29) is 5.69 Å². The number of nitrogens with zero attached hydrogens (tertiary/aromatic N) is 2. The lowest BCUT2D eigenvalue weighted by Gasteiger charge is -2.01. The van der Waals surface area contributed by atoms with Crippen LogP contribution in [0, 0.1) is 10.1 Å². The monoisotopic (exact) mass is 203 g/mol. The SMILES string of the molecule is CNc1ccc2cc([N+](=O)[O-])ccc2n1. The van der Waals surface area contributed by atoms with Gasteiger partial charge in [0.1, 0.15) is 5.82 Å². The van der Waals surface area contributed by atoms with E-state index in [1.807, 2.05) is 0 Å². The van der Waals surface area contributed by atoms with Gasteiger partial charge in [-0.25, -0.2) is 4.98 Å². The van der Waals surface area contributed by atoms with Gasteiger partial charge < -0.3 is 5.32 Å². The smallest absolute Gasteiger partial charge is 0.270 e. The van der Waals surface area contributed by atoms with Gasteiger partial charge in [-0.1, -0.05) is 0 Å². The summed E-state index contributed by atoms with van der Waals surface area (Å²) < 4.78 is 0. The second kappa shape index (κ2) is 3.53. The number of hydrogen-bond donors (Lipinski definition) is 1. The zero-order chi connectivity index (χ0) is 10.8. The summed E-state index contributed by atoms with van der Waals surface area (Å²) in [6, 6.07) is 8.21. The van der Waals surface area contributed by atoms with Crippen LogP contribution in [-0.4, -0.2) is 17.0 Å². The number of benzene rings is 1. The van der Waals surface area contributed by atoms with Crippen LogP contribution in [0.2, 0.25) is 0 Å². The van der Waals surface area contributed by atoms with Crippen molar-refractivity contribution in [1.29, 1.82) is 0 Å². The van der Waals surface area contributed by atoms with Crippen LogP contribution >= 0.6 is 0 Å². The molecule has 1 aromatic carbocycles. The average Bonchev–Trinajstić information content (AvgIpc) is 2.27. The maximum atomic E-state index is 10.5. The number of aromatic nitrogens is 1. The van der Waals surface area contributed by atoms with Gasteiger partial charge in [0.25, 0.3) is 5.69 Å². The molecule has 0 radical (unpaired) electrons. The average molecular weight is 203 g/mol. The quantitative estimate of drug-likeness (QED) is 0.600. The van der Waals surface area contributed by atoms with Crippen LogP contribution in [0.4, 0.5) is 11.5 Å². The molecule has 76 valence electrons. The van der Waals surface area contributed by atoms with E-state index in [4.69, 9.17) is 0 Å². The van der Waals surface area contributed by atoms with Crippen molar-refractivity contribution in [3.63, 3.8) is 0 Å². The van der Waals surface area contributed by atoms with Gasteiger partial charge in [-0.2, -0.15) is 0 Å². The van der Waals surface area contributed by atoms with Crippen LogP contribution < -0.4 is 5.32 Å². The van der Waals surface area contributed by atoms with Crippen molar-refractivity contribution in [3.8, 4) is 0 Å². The fraction of sp³-hybridized carbons (Fsp3) is 0.100. The highest BCUT2D eigenvalue weighted by Gasteiger charge is 2.06. The molecule has 1 heterocycles. The first-order valence-corrected chi connectivity index (χ1v) is 4.43. The third-order valence-corrected chi connectivity index (χ3v) is 2.14. The van der Waals surface area contributed by atoms with Crippen LogP contribution in [0.25, 0.3) is 10.9 Å². The van der Waals surface area contributed by atoms with E-state index >= 15 is 0 Å². The molecule has 1 aromatic heterocycles. The Morgan fingerprint density at radius 1 is 1.33 bits per heavy atom. The molecule has 0 bridgehead atoms. The highest BCUT2D eigenvalue weighted by atomic mass is 16.6. The van der Waals surface area contributed by atoms with Gasteiger partial charge in [-0.3, -0.25) is 10.1 Å². The van der Waals surface area contributed by atoms with Gasteiger partial charge in [-0.05, 0) is 18.2 Å². The third-order valence-electron chi connectivity index (χ3n) is 2.14. The molecular weight excluding hydrogens is 194 g/mol. The lowest BCUT2D eigenvalue weighted by Crippen LogP contribution is -1.92. The summed E-state index contributed by atoms with van der Waals surface area (Å²) in [6.45, 7) is 0. The summed E-state index contributed by atoms with van der Waals surface area (Å²) in [4.78, 5) is 14.4. The Kier molecular flexibility index (Phi) is 2.21. The van der Waals surface area contributed by atoms with Gasteiger partial charge in [0.2, 0.25) is 0 Å². The molecule has 5 heteroatoms. The standard InChI is InChI=1S/C10H9N3O2/c1-11-10-5-2-7-6-8(13(14)15)3-4-9(7)12-10/h2-6H,1H3,(H,11,12). The summed E-state index contributed by atoms with van der Waals surface area (Å²) in [6.07, 6.45) is 0. The van der Waals surface area contributed by atoms with Crippen molar-refractivity contribution >= 4 is 22.4 Å².